The predicted octanol–water partition coefficient (Wildman–Crippen LogP) is 1.44. The van der Waals surface area contributed by atoms with Crippen LogP contribution in [0.2, 0.25) is 0 Å². The molecular formula is C20H23N3O4. The Hall–Kier alpha value is -2.90. The van der Waals surface area contributed by atoms with Crippen LogP contribution >= 0.6 is 0 Å². The highest BCUT2D eigenvalue weighted by molar-refractivity contribution is 6.23. The molecule has 0 spiro atoms. The van der Waals surface area contributed by atoms with E-state index < -0.39 is 6.04 Å². The summed E-state index contributed by atoms with van der Waals surface area (Å²) in [6.45, 7) is 3.25. The molecule has 1 unspecified atom stereocenters. The van der Waals surface area contributed by atoms with Crippen molar-refractivity contribution in [1.29, 1.82) is 0 Å². The minimum Gasteiger partial charge on any atom is -0.412 e. The summed E-state index contributed by atoms with van der Waals surface area (Å²) >= 11 is 0. The van der Waals surface area contributed by atoms with Gasteiger partial charge in [-0.2, -0.15) is 0 Å². The molecule has 4 rings (SSSR count). The average molecular weight is 369 g/mol. The Morgan fingerprint density at radius 2 is 1.56 bits per heavy atom. The van der Waals surface area contributed by atoms with Crippen molar-refractivity contribution in [2.24, 2.45) is 0 Å². The van der Waals surface area contributed by atoms with E-state index in [0.29, 0.717) is 5.69 Å². The van der Waals surface area contributed by atoms with Crippen LogP contribution in [0.5, 0.6) is 0 Å². The van der Waals surface area contributed by atoms with Gasteiger partial charge in [-0.3, -0.25) is 9.59 Å². The quantitative estimate of drug-likeness (QED) is 0.823. The molecule has 0 aliphatic carbocycles. The first-order chi connectivity index (χ1) is 12.7. The number of amides is 2. The Balaban J connectivity index is 0.00000210. The molecule has 142 valence electrons. The van der Waals surface area contributed by atoms with Gasteiger partial charge in [-0.1, -0.05) is 18.2 Å². The van der Waals surface area contributed by atoms with Crippen molar-refractivity contribution >= 4 is 28.9 Å². The van der Waals surface area contributed by atoms with Gasteiger partial charge in [-0.05, 0) is 36.4 Å². The van der Waals surface area contributed by atoms with Crippen molar-refractivity contribution in [2.45, 2.75) is 12.5 Å². The van der Waals surface area contributed by atoms with Gasteiger partial charge in [-0.15, -0.1) is 0 Å². The highest BCUT2D eigenvalue weighted by Gasteiger charge is 2.39. The standard InChI is InChI=1S/C20H21N3O3.H2O/c24-19-14-18(20(25)23(19)17-4-2-1-3-5-17)21-15-6-8-16(9-7-15)22-10-12-26-13-11-22;/h1-9,18,21H,10-14H2;1H2. The van der Waals surface area contributed by atoms with Gasteiger partial charge in [0.1, 0.15) is 6.04 Å². The van der Waals surface area contributed by atoms with E-state index in [2.05, 4.69) is 10.2 Å². The number of morpholine rings is 1. The van der Waals surface area contributed by atoms with Gasteiger partial charge in [0, 0.05) is 24.5 Å². The Labute approximate surface area is 157 Å². The van der Waals surface area contributed by atoms with Gasteiger partial charge < -0.3 is 20.4 Å². The second-order valence-electron chi connectivity index (χ2n) is 6.45. The number of benzene rings is 2. The van der Waals surface area contributed by atoms with E-state index in [-0.39, 0.29) is 23.7 Å². The van der Waals surface area contributed by atoms with Crippen LogP contribution in [0.25, 0.3) is 0 Å². The fourth-order valence-corrected chi connectivity index (χ4v) is 3.38. The molecule has 1 atom stereocenters. The Morgan fingerprint density at radius 3 is 2.22 bits per heavy atom. The Morgan fingerprint density at radius 1 is 0.889 bits per heavy atom. The van der Waals surface area contributed by atoms with Crippen LogP contribution in [-0.4, -0.2) is 49.6 Å². The van der Waals surface area contributed by atoms with Crippen molar-refractivity contribution in [1.82, 2.24) is 0 Å². The van der Waals surface area contributed by atoms with E-state index in [0.717, 1.165) is 37.7 Å². The number of ether oxygens (including phenoxy) is 1. The molecular weight excluding hydrogens is 346 g/mol. The maximum absolute atomic E-state index is 12.7. The number of anilines is 3. The molecule has 7 nitrogen and oxygen atoms in total. The maximum Gasteiger partial charge on any atom is 0.256 e. The summed E-state index contributed by atoms with van der Waals surface area (Å²) in [7, 11) is 0. The highest BCUT2D eigenvalue weighted by atomic mass is 16.5. The van der Waals surface area contributed by atoms with Crippen LogP contribution in [0.4, 0.5) is 17.1 Å². The number of nitrogens with zero attached hydrogens (tertiary/aromatic N) is 2. The first kappa shape index (κ1) is 18.9. The van der Waals surface area contributed by atoms with Gasteiger partial charge in [0.15, 0.2) is 0 Å². The molecule has 2 aromatic rings. The fraction of sp³-hybridized carbons (Fsp3) is 0.300. The zero-order chi connectivity index (χ0) is 17.9. The van der Waals surface area contributed by atoms with E-state index in [4.69, 9.17) is 4.74 Å². The summed E-state index contributed by atoms with van der Waals surface area (Å²) in [5.41, 5.74) is 2.59. The zero-order valence-electron chi connectivity index (χ0n) is 14.9. The van der Waals surface area contributed by atoms with E-state index in [1.54, 1.807) is 12.1 Å². The Bertz CT molecular complexity index is 789. The SMILES string of the molecule is O.O=C1CC(Nc2ccc(N3CCOCC3)cc2)C(=O)N1c1ccccc1. The summed E-state index contributed by atoms with van der Waals surface area (Å²) in [4.78, 5) is 28.5. The summed E-state index contributed by atoms with van der Waals surface area (Å²) in [6.07, 6.45) is 0.166. The number of nitrogens with one attached hydrogen (secondary N) is 1. The van der Waals surface area contributed by atoms with Gasteiger partial charge in [0.05, 0.1) is 25.3 Å². The van der Waals surface area contributed by atoms with Crippen LogP contribution in [0, 0.1) is 0 Å². The first-order valence-corrected chi connectivity index (χ1v) is 8.83. The van der Waals surface area contributed by atoms with Crippen molar-refractivity contribution in [3.05, 3.63) is 54.6 Å². The molecule has 0 bridgehead atoms. The van der Waals surface area contributed by atoms with Crippen molar-refractivity contribution in [3.8, 4) is 0 Å². The minimum absolute atomic E-state index is 0. The largest absolute Gasteiger partial charge is 0.412 e. The minimum atomic E-state index is -0.531. The number of hydrogen-bond donors (Lipinski definition) is 1. The number of para-hydroxylation sites is 1. The maximum atomic E-state index is 12.7. The highest BCUT2D eigenvalue weighted by Crippen LogP contribution is 2.26. The van der Waals surface area contributed by atoms with Gasteiger partial charge in [0.25, 0.3) is 5.91 Å². The molecule has 2 saturated heterocycles. The van der Waals surface area contributed by atoms with Gasteiger partial charge >= 0.3 is 0 Å². The summed E-state index contributed by atoms with van der Waals surface area (Å²) in [6, 6.07) is 16.5. The van der Waals surface area contributed by atoms with Crippen LogP contribution in [0.15, 0.2) is 54.6 Å². The van der Waals surface area contributed by atoms with Gasteiger partial charge in [-0.25, -0.2) is 4.90 Å². The van der Waals surface area contributed by atoms with Crippen molar-refractivity contribution < 1.29 is 19.8 Å². The summed E-state index contributed by atoms with van der Waals surface area (Å²) < 4.78 is 5.37. The van der Waals surface area contributed by atoms with Crippen LogP contribution in [0.1, 0.15) is 6.42 Å². The number of imide groups is 1. The van der Waals surface area contributed by atoms with Crippen LogP contribution in [0.3, 0.4) is 0 Å². The molecule has 2 fully saturated rings. The lowest BCUT2D eigenvalue weighted by Gasteiger charge is -2.29. The van der Waals surface area contributed by atoms with E-state index in [9.17, 15) is 9.59 Å². The normalized spacial score (nSPS) is 19.8. The second kappa shape index (κ2) is 8.20. The first-order valence-electron chi connectivity index (χ1n) is 8.83. The van der Waals surface area contributed by atoms with Gasteiger partial charge in [0.2, 0.25) is 5.91 Å². The number of rotatable bonds is 4. The predicted molar refractivity (Wildman–Crippen MR) is 104 cm³/mol. The van der Waals surface area contributed by atoms with Crippen LogP contribution in [-0.2, 0) is 14.3 Å². The molecule has 3 N–H and O–H groups in total. The monoisotopic (exact) mass is 369 g/mol. The summed E-state index contributed by atoms with van der Waals surface area (Å²) in [5.74, 6) is -0.387. The molecule has 2 aliphatic rings. The molecule has 2 amide bonds. The van der Waals surface area contributed by atoms with Crippen molar-refractivity contribution in [3.63, 3.8) is 0 Å². The van der Waals surface area contributed by atoms with E-state index in [1.807, 2.05) is 42.5 Å². The average Bonchev–Trinajstić information content (AvgIpc) is 2.97. The number of carbonyl (C=O) groups is 2. The second-order valence-corrected chi connectivity index (χ2v) is 6.45. The lowest BCUT2D eigenvalue weighted by Crippen LogP contribution is -2.36. The molecule has 27 heavy (non-hydrogen) atoms. The third kappa shape index (κ3) is 3.94. The molecule has 0 radical (unpaired) electrons. The molecule has 2 heterocycles. The molecule has 0 saturated carbocycles. The fourth-order valence-electron chi connectivity index (χ4n) is 3.38. The Kier molecular flexibility index (Phi) is 5.73. The molecule has 2 aromatic carbocycles. The third-order valence-electron chi connectivity index (χ3n) is 4.75. The molecule has 0 aromatic heterocycles. The third-order valence-corrected chi connectivity index (χ3v) is 4.75. The molecule has 2 aliphatic heterocycles. The van der Waals surface area contributed by atoms with Crippen LogP contribution < -0.4 is 15.1 Å². The smallest absolute Gasteiger partial charge is 0.256 e. The lowest BCUT2D eigenvalue weighted by molar-refractivity contribution is -0.121. The molecule has 7 heteroatoms. The number of carbonyl (C=O) groups excluding carboxylic acids is 2. The van der Waals surface area contributed by atoms with Crippen molar-refractivity contribution in [2.75, 3.05) is 41.4 Å². The number of hydrogen-bond acceptors (Lipinski definition) is 5. The zero-order valence-corrected chi connectivity index (χ0v) is 14.9. The van der Waals surface area contributed by atoms with E-state index in [1.165, 1.54) is 4.90 Å². The topological polar surface area (TPSA) is 93.4 Å². The lowest BCUT2D eigenvalue weighted by atomic mass is 10.2. The van der Waals surface area contributed by atoms with E-state index >= 15 is 0 Å². The summed E-state index contributed by atoms with van der Waals surface area (Å²) in [5, 5.41) is 3.20.